The largest absolute Gasteiger partial charge is 0.334 e. The van der Waals surface area contributed by atoms with Gasteiger partial charge < -0.3 is 10.3 Å². The van der Waals surface area contributed by atoms with Gasteiger partial charge in [-0.1, -0.05) is 5.16 Å². The monoisotopic (exact) mass is 407 g/mol. The normalized spacial score (nSPS) is 16.7. The Labute approximate surface area is 142 Å². The van der Waals surface area contributed by atoms with Gasteiger partial charge >= 0.3 is 0 Å². The Bertz CT molecular complexity index is 803. The van der Waals surface area contributed by atoms with E-state index in [9.17, 15) is 8.42 Å². The third-order valence-electron chi connectivity index (χ3n) is 3.71. The molecule has 3 rings (SSSR count). The summed E-state index contributed by atoms with van der Waals surface area (Å²) in [6, 6.07) is 4.69. The Kier molecular flexibility index (Phi) is 4.68. The molecule has 1 fully saturated rings. The summed E-state index contributed by atoms with van der Waals surface area (Å²) in [5.74, 6) is 0.736. The Hall–Kier alpha value is -0.960. The van der Waals surface area contributed by atoms with Crippen LogP contribution >= 0.6 is 28.3 Å². The molecule has 120 valence electrons. The van der Waals surface area contributed by atoms with Crippen LogP contribution in [0.4, 0.5) is 0 Å². The molecule has 2 N–H and O–H groups in total. The quantitative estimate of drug-likeness (QED) is 0.838. The van der Waals surface area contributed by atoms with Gasteiger partial charge in [0.2, 0.25) is 0 Å². The Balaban J connectivity index is 0.00000176. The first-order valence-corrected chi connectivity index (χ1v) is 9.11. The SMILES string of the molecule is CS(=O)(=O)c1ccc(Br)c(-c2nc(C3(N)CCC3)no2)c1.Cl. The second-order valence-electron chi connectivity index (χ2n) is 5.35. The number of benzene rings is 1. The zero-order valence-corrected chi connectivity index (χ0v) is 15.0. The van der Waals surface area contributed by atoms with E-state index in [1.165, 1.54) is 12.1 Å². The maximum Gasteiger partial charge on any atom is 0.259 e. The number of sulfone groups is 1. The van der Waals surface area contributed by atoms with Crippen LogP contribution in [0, 0.1) is 0 Å². The molecule has 0 saturated heterocycles. The fourth-order valence-electron chi connectivity index (χ4n) is 2.22. The number of hydrogen-bond donors (Lipinski definition) is 1. The fraction of sp³-hybridized carbons (Fsp3) is 0.385. The molecule has 0 bridgehead atoms. The van der Waals surface area contributed by atoms with E-state index < -0.39 is 15.4 Å². The second-order valence-corrected chi connectivity index (χ2v) is 8.22. The van der Waals surface area contributed by atoms with Crippen molar-refractivity contribution >= 4 is 38.2 Å². The lowest BCUT2D eigenvalue weighted by Gasteiger charge is -2.34. The van der Waals surface area contributed by atoms with Crippen LogP contribution in [0.3, 0.4) is 0 Å². The van der Waals surface area contributed by atoms with Crippen molar-refractivity contribution in [1.29, 1.82) is 0 Å². The molecule has 0 atom stereocenters. The summed E-state index contributed by atoms with van der Waals surface area (Å²) in [5, 5.41) is 3.94. The average Bonchev–Trinajstić information content (AvgIpc) is 2.84. The molecule has 2 aromatic rings. The van der Waals surface area contributed by atoms with E-state index in [1.54, 1.807) is 6.07 Å². The highest BCUT2D eigenvalue weighted by Crippen LogP contribution is 2.38. The molecule has 1 aromatic carbocycles. The molecule has 1 saturated carbocycles. The first-order valence-electron chi connectivity index (χ1n) is 6.43. The highest BCUT2D eigenvalue weighted by molar-refractivity contribution is 9.10. The van der Waals surface area contributed by atoms with Crippen molar-refractivity contribution in [1.82, 2.24) is 10.1 Å². The Morgan fingerprint density at radius 2 is 2.05 bits per heavy atom. The van der Waals surface area contributed by atoms with Gasteiger partial charge in [-0.15, -0.1) is 12.4 Å². The molecule has 0 amide bonds. The first kappa shape index (κ1) is 17.4. The van der Waals surface area contributed by atoms with Crippen molar-refractivity contribution < 1.29 is 12.9 Å². The van der Waals surface area contributed by atoms with Crippen LogP contribution < -0.4 is 5.73 Å². The van der Waals surface area contributed by atoms with Crippen molar-refractivity contribution in [3.63, 3.8) is 0 Å². The summed E-state index contributed by atoms with van der Waals surface area (Å²) in [6.45, 7) is 0. The summed E-state index contributed by atoms with van der Waals surface area (Å²) in [4.78, 5) is 4.53. The van der Waals surface area contributed by atoms with Crippen LogP contribution in [-0.2, 0) is 15.4 Å². The summed E-state index contributed by atoms with van der Waals surface area (Å²) < 4.78 is 29.2. The van der Waals surface area contributed by atoms with E-state index in [-0.39, 0.29) is 23.2 Å². The van der Waals surface area contributed by atoms with Gasteiger partial charge in [0.1, 0.15) is 0 Å². The highest BCUT2D eigenvalue weighted by atomic mass is 79.9. The summed E-state index contributed by atoms with van der Waals surface area (Å²) in [6.07, 6.45) is 3.86. The zero-order chi connectivity index (χ0) is 15.3. The van der Waals surface area contributed by atoms with Crippen LogP contribution in [-0.4, -0.2) is 24.8 Å². The molecule has 1 aromatic heterocycles. The minimum atomic E-state index is -3.30. The standard InChI is InChI=1S/C13H14BrN3O3S.ClH/c1-21(18,19)8-3-4-10(14)9(7-8)11-16-12(17-20-11)13(15)5-2-6-13;/h3-4,7H,2,5-6,15H2,1H3;1H. The van der Waals surface area contributed by atoms with Crippen LogP contribution in [0.25, 0.3) is 11.5 Å². The number of nitrogens with two attached hydrogens (primary N) is 1. The lowest BCUT2D eigenvalue weighted by atomic mass is 9.77. The van der Waals surface area contributed by atoms with Crippen LogP contribution in [0.2, 0.25) is 0 Å². The Morgan fingerprint density at radius 3 is 2.59 bits per heavy atom. The summed E-state index contributed by atoms with van der Waals surface area (Å²) in [7, 11) is -3.30. The van der Waals surface area contributed by atoms with Crippen LogP contribution in [0.5, 0.6) is 0 Å². The lowest BCUT2D eigenvalue weighted by molar-refractivity contribution is 0.229. The molecule has 22 heavy (non-hydrogen) atoms. The fourth-order valence-corrected chi connectivity index (χ4v) is 3.28. The minimum Gasteiger partial charge on any atom is -0.334 e. The van der Waals surface area contributed by atoms with Gasteiger partial charge in [-0.05, 0) is 53.4 Å². The number of rotatable bonds is 3. The van der Waals surface area contributed by atoms with Crippen molar-refractivity contribution in [3.05, 3.63) is 28.5 Å². The van der Waals surface area contributed by atoms with Crippen molar-refractivity contribution in [2.45, 2.75) is 29.7 Å². The third-order valence-corrected chi connectivity index (χ3v) is 5.52. The second kappa shape index (κ2) is 5.92. The van der Waals surface area contributed by atoms with Gasteiger partial charge in [-0.3, -0.25) is 0 Å². The molecule has 0 radical (unpaired) electrons. The van der Waals surface area contributed by atoms with Crippen LogP contribution in [0.1, 0.15) is 25.1 Å². The van der Waals surface area contributed by atoms with Crippen molar-refractivity contribution in [3.8, 4) is 11.5 Å². The van der Waals surface area contributed by atoms with E-state index in [2.05, 4.69) is 26.1 Å². The maximum atomic E-state index is 11.6. The van der Waals surface area contributed by atoms with Gasteiger partial charge in [-0.2, -0.15) is 4.98 Å². The number of nitrogens with zero attached hydrogens (tertiary/aromatic N) is 2. The summed E-state index contributed by atoms with van der Waals surface area (Å²) in [5.41, 5.74) is 6.19. The molecule has 0 unspecified atom stereocenters. The first-order chi connectivity index (χ1) is 9.79. The molecule has 1 aliphatic rings. The van der Waals surface area contributed by atoms with E-state index in [4.69, 9.17) is 10.3 Å². The van der Waals surface area contributed by atoms with Crippen molar-refractivity contribution in [2.75, 3.05) is 6.26 Å². The van der Waals surface area contributed by atoms with Gasteiger partial charge in [0.05, 0.1) is 16.0 Å². The molecular weight excluding hydrogens is 394 g/mol. The van der Waals surface area contributed by atoms with Gasteiger partial charge in [-0.25, -0.2) is 8.42 Å². The molecule has 9 heteroatoms. The van der Waals surface area contributed by atoms with Crippen molar-refractivity contribution in [2.24, 2.45) is 5.73 Å². The van der Waals surface area contributed by atoms with Gasteiger partial charge in [0.15, 0.2) is 15.7 Å². The molecule has 0 spiro atoms. The van der Waals surface area contributed by atoms with Gasteiger partial charge in [0.25, 0.3) is 5.89 Å². The van der Waals surface area contributed by atoms with Crippen LogP contribution in [0.15, 0.2) is 32.1 Å². The zero-order valence-electron chi connectivity index (χ0n) is 11.7. The number of aromatic nitrogens is 2. The molecule has 6 nitrogen and oxygen atoms in total. The predicted octanol–water partition coefficient (Wildman–Crippen LogP) is 2.66. The smallest absolute Gasteiger partial charge is 0.259 e. The molecule has 1 aliphatic carbocycles. The van der Waals surface area contributed by atoms with E-state index in [0.29, 0.717) is 15.9 Å². The summed E-state index contributed by atoms with van der Waals surface area (Å²) >= 11 is 3.37. The number of hydrogen-bond acceptors (Lipinski definition) is 6. The predicted molar refractivity (Wildman–Crippen MR) is 87.5 cm³/mol. The maximum absolute atomic E-state index is 11.6. The lowest BCUT2D eigenvalue weighted by Crippen LogP contribution is -2.44. The molecule has 0 aliphatic heterocycles. The van der Waals surface area contributed by atoms with E-state index in [0.717, 1.165) is 25.5 Å². The average molecular weight is 409 g/mol. The third kappa shape index (κ3) is 3.05. The minimum absolute atomic E-state index is 0. The Morgan fingerprint density at radius 1 is 1.36 bits per heavy atom. The highest BCUT2D eigenvalue weighted by Gasteiger charge is 2.39. The van der Waals surface area contributed by atoms with E-state index in [1.807, 2.05) is 0 Å². The molecular formula is C13H15BrClN3O3S. The van der Waals surface area contributed by atoms with Gasteiger partial charge in [0, 0.05) is 10.7 Å². The van der Waals surface area contributed by atoms with E-state index >= 15 is 0 Å². The molecule has 1 heterocycles. The number of halogens is 2. The topological polar surface area (TPSA) is 99.1 Å².